The fourth-order valence-corrected chi connectivity index (χ4v) is 4.02. The minimum Gasteiger partial charge on any atom is -0.507 e. The number of phenols is 1. The molecule has 142 valence electrons. The number of ketones is 1. The molecule has 1 aliphatic carbocycles. The highest BCUT2D eigenvalue weighted by Gasteiger charge is 2.36. The van der Waals surface area contributed by atoms with Crippen LogP contribution in [0.3, 0.4) is 0 Å². The average molecular weight is 365 g/mol. The molecule has 2 unspecified atom stereocenters. The zero-order chi connectivity index (χ0) is 19.2. The number of carbonyl (C=O) groups is 2. The first kappa shape index (κ1) is 19.2. The molecule has 0 spiro atoms. The third-order valence-corrected chi connectivity index (χ3v) is 5.41. The highest BCUT2D eigenvalue weighted by atomic mass is 16.3. The summed E-state index contributed by atoms with van der Waals surface area (Å²) in [5, 5.41) is 13.2. The fourth-order valence-electron chi connectivity index (χ4n) is 4.02. The Morgan fingerprint density at radius 2 is 1.93 bits per heavy atom. The second-order valence-electron chi connectivity index (χ2n) is 7.29. The van der Waals surface area contributed by atoms with Gasteiger partial charge >= 0.3 is 0 Å². The van der Waals surface area contributed by atoms with Crippen LogP contribution in [0.1, 0.15) is 72.0 Å². The number of hydrogen-bond acceptors (Lipinski definition) is 3. The summed E-state index contributed by atoms with van der Waals surface area (Å²) in [6.07, 6.45) is 6.60. The molecule has 1 aliphatic rings. The van der Waals surface area contributed by atoms with Crippen molar-refractivity contribution in [1.82, 2.24) is 5.32 Å². The van der Waals surface area contributed by atoms with E-state index in [2.05, 4.69) is 18.3 Å². The van der Waals surface area contributed by atoms with E-state index in [1.54, 1.807) is 6.07 Å². The monoisotopic (exact) mass is 365 g/mol. The lowest BCUT2D eigenvalue weighted by Crippen LogP contribution is -2.41. The van der Waals surface area contributed by atoms with Crippen molar-refractivity contribution in [3.8, 4) is 5.75 Å². The molecule has 0 radical (unpaired) electrons. The van der Waals surface area contributed by atoms with Gasteiger partial charge in [-0.1, -0.05) is 62.6 Å². The van der Waals surface area contributed by atoms with Gasteiger partial charge in [-0.15, -0.1) is 0 Å². The minimum atomic E-state index is -0.610. The van der Waals surface area contributed by atoms with Gasteiger partial charge in [0.15, 0.2) is 5.78 Å². The lowest BCUT2D eigenvalue weighted by atomic mass is 9.75. The van der Waals surface area contributed by atoms with E-state index in [4.69, 9.17) is 0 Å². The Morgan fingerprint density at radius 3 is 2.63 bits per heavy atom. The van der Waals surface area contributed by atoms with Gasteiger partial charge in [-0.05, 0) is 42.0 Å². The summed E-state index contributed by atoms with van der Waals surface area (Å²) in [4.78, 5) is 23.8. The smallest absolute Gasteiger partial charge is 0.207 e. The van der Waals surface area contributed by atoms with Crippen LogP contribution in [0.15, 0.2) is 42.5 Å². The first-order valence-electron chi connectivity index (χ1n) is 9.80. The molecule has 0 aliphatic heterocycles. The summed E-state index contributed by atoms with van der Waals surface area (Å²) in [5.41, 5.74) is 3.39. The number of amides is 1. The number of unbranched alkanes of at least 4 members (excludes halogenated alkanes) is 3. The molecule has 0 aromatic heterocycles. The molecular formula is C23H27NO3. The summed E-state index contributed by atoms with van der Waals surface area (Å²) in [6, 6.07) is 13.2. The number of rotatable bonds is 8. The molecule has 0 saturated carbocycles. The van der Waals surface area contributed by atoms with E-state index in [0.717, 1.165) is 29.5 Å². The predicted octanol–water partition coefficient (Wildman–Crippen LogP) is 4.35. The van der Waals surface area contributed by atoms with Gasteiger partial charge < -0.3 is 10.4 Å². The van der Waals surface area contributed by atoms with Crippen molar-refractivity contribution in [1.29, 1.82) is 0 Å². The highest BCUT2D eigenvalue weighted by Crippen LogP contribution is 2.41. The van der Waals surface area contributed by atoms with Crippen molar-refractivity contribution in [2.75, 3.05) is 0 Å². The number of aryl methyl sites for hydroxylation is 1. The maximum absolute atomic E-state index is 12.8. The molecule has 3 rings (SSSR count). The first-order chi connectivity index (χ1) is 13.2. The zero-order valence-corrected chi connectivity index (χ0v) is 15.8. The fraction of sp³-hybridized carbons (Fsp3) is 0.391. The van der Waals surface area contributed by atoms with Gasteiger partial charge in [-0.3, -0.25) is 9.59 Å². The van der Waals surface area contributed by atoms with Crippen LogP contribution >= 0.6 is 0 Å². The Hall–Kier alpha value is -2.62. The molecule has 0 heterocycles. The number of carbonyl (C=O) groups excluding carboxylic acids is 2. The number of hydrogen-bond donors (Lipinski definition) is 2. The maximum Gasteiger partial charge on any atom is 0.207 e. The molecule has 4 nitrogen and oxygen atoms in total. The van der Waals surface area contributed by atoms with Crippen LogP contribution in [-0.2, 0) is 11.2 Å². The Bertz CT molecular complexity index is 801. The quantitative estimate of drug-likeness (QED) is 0.540. The van der Waals surface area contributed by atoms with Gasteiger partial charge in [0.25, 0.3) is 0 Å². The van der Waals surface area contributed by atoms with Gasteiger partial charge in [0.1, 0.15) is 5.75 Å². The van der Waals surface area contributed by atoms with E-state index < -0.39 is 6.04 Å². The van der Waals surface area contributed by atoms with E-state index in [1.165, 1.54) is 19.3 Å². The van der Waals surface area contributed by atoms with Crippen molar-refractivity contribution < 1.29 is 14.7 Å². The van der Waals surface area contributed by atoms with Gasteiger partial charge in [0.2, 0.25) is 6.41 Å². The highest BCUT2D eigenvalue weighted by molar-refractivity contribution is 6.06. The Labute approximate surface area is 160 Å². The average Bonchev–Trinajstić information content (AvgIpc) is 2.68. The van der Waals surface area contributed by atoms with Crippen molar-refractivity contribution >= 4 is 12.2 Å². The number of fused-ring (bicyclic) bond motifs is 1. The molecule has 2 N–H and O–H groups in total. The van der Waals surface area contributed by atoms with E-state index in [0.29, 0.717) is 18.4 Å². The maximum atomic E-state index is 12.8. The standard InChI is InChI=1S/C23H27NO3/c1-2-3-4-6-9-16-12-19-18(17-10-7-5-8-11-17)14-20(24-15-25)23(27)22(19)21(26)13-16/h5,7-8,10-13,15,18,20,26H,2-4,6,9,14H2,1H3,(H,24,25). The van der Waals surface area contributed by atoms with Crippen LogP contribution in [0, 0.1) is 0 Å². The number of phenolic OH excluding ortho intramolecular Hbond substituents is 1. The topological polar surface area (TPSA) is 66.4 Å². The second kappa shape index (κ2) is 8.85. The van der Waals surface area contributed by atoms with E-state index in [9.17, 15) is 14.7 Å². The number of Topliss-reactive ketones (excluding diaryl/α,β-unsaturated/α-hetero) is 1. The molecule has 4 heteroatoms. The van der Waals surface area contributed by atoms with E-state index in [1.807, 2.05) is 30.3 Å². The molecule has 27 heavy (non-hydrogen) atoms. The van der Waals surface area contributed by atoms with E-state index in [-0.39, 0.29) is 17.5 Å². The summed E-state index contributed by atoms with van der Waals surface area (Å²) >= 11 is 0. The van der Waals surface area contributed by atoms with Crippen molar-refractivity contribution in [3.05, 3.63) is 64.7 Å². The minimum absolute atomic E-state index is 0.0290. The third-order valence-electron chi connectivity index (χ3n) is 5.41. The van der Waals surface area contributed by atoms with Gasteiger partial charge in [-0.25, -0.2) is 0 Å². The molecule has 0 bridgehead atoms. The number of aromatic hydroxyl groups is 1. The van der Waals surface area contributed by atoms with Crippen molar-refractivity contribution in [2.24, 2.45) is 0 Å². The molecule has 2 atom stereocenters. The molecule has 0 saturated heterocycles. The molecule has 1 amide bonds. The summed E-state index contributed by atoms with van der Waals surface area (Å²) in [5.74, 6) is -0.210. The summed E-state index contributed by atoms with van der Waals surface area (Å²) in [6.45, 7) is 2.19. The Morgan fingerprint density at radius 1 is 1.15 bits per heavy atom. The lowest BCUT2D eigenvalue weighted by Gasteiger charge is -2.31. The predicted molar refractivity (Wildman–Crippen MR) is 106 cm³/mol. The SMILES string of the molecule is CCCCCCc1cc(O)c2c(c1)C(c1ccccc1)CC(NC=O)C2=O. The van der Waals surface area contributed by atoms with Crippen LogP contribution in [0.4, 0.5) is 0 Å². The Kier molecular flexibility index (Phi) is 6.28. The van der Waals surface area contributed by atoms with Crippen molar-refractivity contribution in [2.45, 2.75) is 57.4 Å². The van der Waals surface area contributed by atoms with Crippen LogP contribution in [-0.4, -0.2) is 23.3 Å². The number of benzene rings is 2. The molecule has 2 aromatic carbocycles. The molecule has 2 aromatic rings. The lowest BCUT2D eigenvalue weighted by molar-refractivity contribution is -0.110. The Balaban J connectivity index is 1.99. The third kappa shape index (κ3) is 4.21. The van der Waals surface area contributed by atoms with Crippen molar-refractivity contribution in [3.63, 3.8) is 0 Å². The molecule has 0 fully saturated rings. The van der Waals surface area contributed by atoms with Gasteiger partial charge in [0, 0.05) is 5.92 Å². The summed E-state index contributed by atoms with van der Waals surface area (Å²) in [7, 11) is 0. The van der Waals surface area contributed by atoms with Crippen LogP contribution in [0.2, 0.25) is 0 Å². The van der Waals surface area contributed by atoms with Crippen LogP contribution in [0.5, 0.6) is 5.75 Å². The first-order valence-corrected chi connectivity index (χ1v) is 9.80. The summed E-state index contributed by atoms with van der Waals surface area (Å²) < 4.78 is 0. The number of nitrogens with one attached hydrogen (secondary N) is 1. The van der Waals surface area contributed by atoms with E-state index >= 15 is 0 Å². The van der Waals surface area contributed by atoms with Crippen LogP contribution < -0.4 is 5.32 Å². The van der Waals surface area contributed by atoms with Gasteiger partial charge in [0.05, 0.1) is 11.6 Å². The second-order valence-corrected chi connectivity index (χ2v) is 7.29. The normalized spacial score (nSPS) is 18.8. The van der Waals surface area contributed by atoms with Crippen LogP contribution in [0.25, 0.3) is 0 Å². The zero-order valence-electron chi connectivity index (χ0n) is 15.8. The van der Waals surface area contributed by atoms with Gasteiger partial charge in [-0.2, -0.15) is 0 Å². The molecular weight excluding hydrogens is 338 g/mol. The largest absolute Gasteiger partial charge is 0.507 e.